The van der Waals surface area contributed by atoms with Crippen molar-refractivity contribution in [3.63, 3.8) is 0 Å². The van der Waals surface area contributed by atoms with Crippen LogP contribution in [0.25, 0.3) is 0 Å². The smallest absolute Gasteiger partial charge is 0.218 e. The topological polar surface area (TPSA) is 72.4 Å². The number of hydrogen-bond donors (Lipinski definition) is 0. The minimum atomic E-state index is -3.37. The highest BCUT2D eigenvalue weighted by Gasteiger charge is 2.32. The van der Waals surface area contributed by atoms with E-state index in [0.29, 0.717) is 32.6 Å². The van der Waals surface area contributed by atoms with Crippen molar-refractivity contribution >= 4 is 10.0 Å². The molecule has 6 nitrogen and oxygen atoms in total. The molecule has 0 amide bonds. The molecule has 1 saturated heterocycles. The van der Waals surface area contributed by atoms with Crippen LogP contribution in [0.1, 0.15) is 17.7 Å². The molecule has 1 unspecified atom stereocenters. The van der Waals surface area contributed by atoms with Gasteiger partial charge in [-0.25, -0.2) is 8.42 Å². The molecule has 1 fully saturated rings. The second-order valence-corrected chi connectivity index (χ2v) is 7.74. The molecule has 0 N–H and O–H groups in total. The molecule has 2 heterocycles. The van der Waals surface area contributed by atoms with Crippen LogP contribution in [-0.4, -0.2) is 48.5 Å². The maximum absolute atomic E-state index is 12.8. The average Bonchev–Trinajstić information content (AvgIpc) is 2.61. The number of morpholine rings is 1. The second kappa shape index (κ2) is 7.83. The predicted octanol–water partition coefficient (Wildman–Crippen LogP) is 1.64. The minimum absolute atomic E-state index is 0.0233. The lowest BCUT2D eigenvalue weighted by molar-refractivity contribution is 0.0296. The van der Waals surface area contributed by atoms with E-state index < -0.39 is 10.0 Å². The van der Waals surface area contributed by atoms with E-state index in [1.165, 1.54) is 0 Å². The van der Waals surface area contributed by atoms with Crippen molar-refractivity contribution in [1.29, 1.82) is 0 Å². The molecule has 0 bridgehead atoms. The Hall–Kier alpha value is -1.83. The van der Waals surface area contributed by atoms with Crippen LogP contribution in [0.5, 0.6) is 0 Å². The summed E-state index contributed by atoms with van der Waals surface area (Å²) in [4.78, 5) is 8.29. The number of aromatic nitrogens is 2. The van der Waals surface area contributed by atoms with E-state index in [2.05, 4.69) is 9.97 Å². The van der Waals surface area contributed by atoms with Gasteiger partial charge in [0.2, 0.25) is 10.0 Å². The molecule has 2 aromatic rings. The van der Waals surface area contributed by atoms with Gasteiger partial charge >= 0.3 is 0 Å². The van der Waals surface area contributed by atoms with Crippen molar-refractivity contribution < 1.29 is 13.2 Å². The van der Waals surface area contributed by atoms with Gasteiger partial charge in [-0.3, -0.25) is 9.97 Å². The third kappa shape index (κ3) is 4.37. The van der Waals surface area contributed by atoms with Crippen LogP contribution in [0.15, 0.2) is 48.9 Å². The molecule has 3 rings (SSSR count). The molecular formula is C17H21N3O3S. The fourth-order valence-electron chi connectivity index (χ4n) is 2.87. The largest absolute Gasteiger partial charge is 0.378 e. The number of rotatable bonds is 6. The van der Waals surface area contributed by atoms with Gasteiger partial charge in [0.05, 0.1) is 24.7 Å². The molecule has 0 radical (unpaired) electrons. The number of hydrogen-bond acceptors (Lipinski definition) is 5. The quantitative estimate of drug-likeness (QED) is 0.794. The van der Waals surface area contributed by atoms with E-state index in [4.69, 9.17) is 4.74 Å². The van der Waals surface area contributed by atoms with Gasteiger partial charge < -0.3 is 4.74 Å². The van der Waals surface area contributed by atoms with Gasteiger partial charge in [-0.1, -0.05) is 30.3 Å². The van der Waals surface area contributed by atoms with E-state index in [9.17, 15) is 8.42 Å². The van der Waals surface area contributed by atoms with Crippen molar-refractivity contribution in [2.24, 2.45) is 0 Å². The number of benzene rings is 1. The maximum Gasteiger partial charge on any atom is 0.218 e. The fourth-order valence-corrected chi connectivity index (χ4v) is 4.63. The van der Waals surface area contributed by atoms with Crippen molar-refractivity contribution in [1.82, 2.24) is 14.3 Å². The Morgan fingerprint density at radius 2 is 2.04 bits per heavy atom. The van der Waals surface area contributed by atoms with E-state index in [-0.39, 0.29) is 11.8 Å². The Morgan fingerprint density at radius 3 is 2.79 bits per heavy atom. The number of sulfonamides is 1. The number of ether oxygens (including phenoxy) is 1. The third-order valence-electron chi connectivity index (χ3n) is 4.07. The number of aryl methyl sites for hydroxylation is 1. The molecule has 1 aliphatic heterocycles. The van der Waals surface area contributed by atoms with Gasteiger partial charge in [-0.2, -0.15) is 4.31 Å². The van der Waals surface area contributed by atoms with E-state index >= 15 is 0 Å². The fraction of sp³-hybridized carbons (Fsp3) is 0.412. The lowest BCUT2D eigenvalue weighted by Gasteiger charge is -2.34. The van der Waals surface area contributed by atoms with Crippen molar-refractivity contribution in [2.75, 3.05) is 19.8 Å². The molecule has 24 heavy (non-hydrogen) atoms. The maximum atomic E-state index is 12.8. The molecule has 7 heteroatoms. The highest BCUT2D eigenvalue weighted by atomic mass is 32.2. The summed E-state index contributed by atoms with van der Waals surface area (Å²) in [6, 6.07) is 9.12. The zero-order valence-corrected chi connectivity index (χ0v) is 14.2. The first-order chi connectivity index (χ1) is 11.6. The van der Waals surface area contributed by atoms with E-state index in [1.54, 1.807) is 22.9 Å². The van der Waals surface area contributed by atoms with Gasteiger partial charge in [-0.15, -0.1) is 0 Å². The summed E-state index contributed by atoms with van der Waals surface area (Å²) >= 11 is 0. The molecule has 128 valence electrons. The van der Waals surface area contributed by atoms with Gasteiger partial charge in [0.1, 0.15) is 0 Å². The van der Waals surface area contributed by atoms with Crippen LogP contribution in [0, 0.1) is 0 Å². The first-order valence-electron chi connectivity index (χ1n) is 8.01. The summed E-state index contributed by atoms with van der Waals surface area (Å²) < 4.78 is 32.7. The van der Waals surface area contributed by atoms with Crippen LogP contribution in [0.4, 0.5) is 0 Å². The summed E-state index contributed by atoms with van der Waals surface area (Å²) in [6.07, 6.45) is 6.35. The SMILES string of the molecule is O=S(=O)(Cc1ccccc1)N1CCOCC1CCc1cnccn1. The molecule has 1 atom stereocenters. The lowest BCUT2D eigenvalue weighted by atomic mass is 10.1. The Balaban J connectivity index is 1.69. The summed E-state index contributed by atoms with van der Waals surface area (Å²) in [7, 11) is -3.37. The Kier molecular flexibility index (Phi) is 5.55. The monoisotopic (exact) mass is 347 g/mol. The molecule has 1 aromatic heterocycles. The lowest BCUT2D eigenvalue weighted by Crippen LogP contribution is -2.49. The zero-order chi connectivity index (χ0) is 16.8. The Morgan fingerprint density at radius 1 is 1.21 bits per heavy atom. The van der Waals surface area contributed by atoms with E-state index in [1.807, 2.05) is 30.3 Å². The second-order valence-electron chi connectivity index (χ2n) is 5.82. The zero-order valence-electron chi connectivity index (χ0n) is 13.4. The van der Waals surface area contributed by atoms with Gasteiger partial charge in [-0.05, 0) is 18.4 Å². The van der Waals surface area contributed by atoms with E-state index in [0.717, 1.165) is 11.3 Å². The average molecular weight is 347 g/mol. The summed E-state index contributed by atoms with van der Waals surface area (Å²) in [5, 5.41) is 0. The van der Waals surface area contributed by atoms with Crippen LogP contribution in [0.2, 0.25) is 0 Å². The molecule has 0 spiro atoms. The molecule has 1 aromatic carbocycles. The standard InChI is InChI=1S/C17H21N3O3S/c21-24(22,14-15-4-2-1-3-5-15)20-10-11-23-13-17(20)7-6-16-12-18-8-9-19-16/h1-5,8-9,12,17H,6-7,10-11,13-14H2. The van der Waals surface area contributed by atoms with Gasteiger partial charge in [0.15, 0.2) is 0 Å². The Bertz CT molecular complexity index is 738. The van der Waals surface area contributed by atoms with Crippen LogP contribution >= 0.6 is 0 Å². The molecule has 1 aliphatic rings. The summed E-state index contributed by atoms with van der Waals surface area (Å²) in [5.74, 6) is 0.0233. The summed E-state index contributed by atoms with van der Waals surface area (Å²) in [5.41, 5.74) is 1.67. The van der Waals surface area contributed by atoms with Gasteiger partial charge in [0.25, 0.3) is 0 Å². The molecular weight excluding hydrogens is 326 g/mol. The van der Waals surface area contributed by atoms with Crippen molar-refractivity contribution in [3.05, 3.63) is 60.2 Å². The highest BCUT2D eigenvalue weighted by molar-refractivity contribution is 7.88. The normalized spacial score (nSPS) is 19.2. The first kappa shape index (κ1) is 17.0. The predicted molar refractivity (Wildman–Crippen MR) is 90.7 cm³/mol. The third-order valence-corrected chi connectivity index (χ3v) is 5.97. The number of nitrogens with zero attached hydrogens (tertiary/aromatic N) is 3. The molecule has 0 aliphatic carbocycles. The minimum Gasteiger partial charge on any atom is -0.378 e. The van der Waals surface area contributed by atoms with Gasteiger partial charge in [0, 0.05) is 31.2 Å². The van der Waals surface area contributed by atoms with Crippen LogP contribution in [-0.2, 0) is 26.9 Å². The molecule has 0 saturated carbocycles. The van der Waals surface area contributed by atoms with Crippen LogP contribution in [0.3, 0.4) is 0 Å². The van der Waals surface area contributed by atoms with Crippen molar-refractivity contribution in [3.8, 4) is 0 Å². The Labute approximate surface area is 142 Å². The summed E-state index contributed by atoms with van der Waals surface area (Å²) in [6.45, 7) is 1.27. The highest BCUT2D eigenvalue weighted by Crippen LogP contribution is 2.20. The first-order valence-corrected chi connectivity index (χ1v) is 9.62. The van der Waals surface area contributed by atoms with Crippen LogP contribution < -0.4 is 0 Å². The van der Waals surface area contributed by atoms with Crippen molar-refractivity contribution in [2.45, 2.75) is 24.6 Å².